The summed E-state index contributed by atoms with van der Waals surface area (Å²) in [5.41, 5.74) is 1.79. The first-order valence-corrected chi connectivity index (χ1v) is 10.1. The standard InChI is InChI=1S/C19H25N3O3S/c1-13(2)17-12-26-18(20-17)8-21-5-14-6-22(7-16(21)11-25-9-14)19(23)15-3-4-24-10-15/h3-4,10,12-14,16H,5-9,11H2,1-2H3/t14-,16+/m1/s1. The second-order valence-corrected chi connectivity index (χ2v) is 8.47. The molecule has 2 aromatic heterocycles. The molecule has 2 aromatic rings. The number of hydrogen-bond acceptors (Lipinski definition) is 6. The number of carbonyl (C=O) groups excluding carboxylic acids is 1. The van der Waals surface area contributed by atoms with Gasteiger partial charge in [-0.15, -0.1) is 11.3 Å². The highest BCUT2D eigenvalue weighted by Crippen LogP contribution is 2.25. The lowest BCUT2D eigenvalue weighted by Gasteiger charge is -2.30. The number of ether oxygens (including phenoxy) is 1. The summed E-state index contributed by atoms with van der Waals surface area (Å²) in [5, 5.41) is 3.31. The lowest BCUT2D eigenvalue weighted by molar-refractivity contribution is 0.0405. The molecular weight excluding hydrogens is 350 g/mol. The minimum Gasteiger partial charge on any atom is -0.472 e. The zero-order valence-electron chi connectivity index (χ0n) is 15.3. The molecule has 2 bridgehead atoms. The van der Waals surface area contributed by atoms with Crippen LogP contribution < -0.4 is 0 Å². The minimum absolute atomic E-state index is 0.0499. The predicted octanol–water partition coefficient (Wildman–Crippen LogP) is 2.83. The molecule has 2 aliphatic heterocycles. The first kappa shape index (κ1) is 17.7. The maximum absolute atomic E-state index is 12.8. The Hall–Kier alpha value is -1.70. The van der Waals surface area contributed by atoms with Crippen LogP contribution in [0.5, 0.6) is 0 Å². The third-order valence-corrected chi connectivity index (χ3v) is 5.99. The number of rotatable bonds is 4. The predicted molar refractivity (Wildman–Crippen MR) is 99.3 cm³/mol. The highest BCUT2D eigenvalue weighted by Gasteiger charge is 2.35. The molecule has 0 N–H and O–H groups in total. The van der Waals surface area contributed by atoms with Crippen LogP contribution >= 0.6 is 11.3 Å². The van der Waals surface area contributed by atoms with Crippen LogP contribution in [0.15, 0.2) is 28.4 Å². The average molecular weight is 375 g/mol. The topological polar surface area (TPSA) is 58.8 Å². The van der Waals surface area contributed by atoms with Gasteiger partial charge >= 0.3 is 0 Å². The molecule has 26 heavy (non-hydrogen) atoms. The van der Waals surface area contributed by atoms with Crippen molar-refractivity contribution in [3.05, 3.63) is 40.2 Å². The van der Waals surface area contributed by atoms with Crippen molar-refractivity contribution in [2.24, 2.45) is 5.92 Å². The zero-order chi connectivity index (χ0) is 18.1. The highest BCUT2D eigenvalue weighted by molar-refractivity contribution is 7.09. The number of thiazole rings is 1. The van der Waals surface area contributed by atoms with Crippen molar-refractivity contribution in [3.8, 4) is 0 Å². The lowest BCUT2D eigenvalue weighted by Crippen LogP contribution is -2.45. The fourth-order valence-corrected chi connectivity index (χ4v) is 4.67. The molecule has 2 fully saturated rings. The molecule has 4 rings (SSSR count). The summed E-state index contributed by atoms with van der Waals surface area (Å²) in [6.07, 6.45) is 3.08. The summed E-state index contributed by atoms with van der Waals surface area (Å²) in [6, 6.07) is 1.94. The van der Waals surface area contributed by atoms with Crippen LogP contribution in [0.25, 0.3) is 0 Å². The summed E-state index contributed by atoms with van der Waals surface area (Å²) >= 11 is 1.73. The van der Waals surface area contributed by atoms with E-state index in [0.29, 0.717) is 37.2 Å². The second kappa shape index (κ2) is 7.50. The van der Waals surface area contributed by atoms with Crippen LogP contribution in [-0.2, 0) is 11.3 Å². The Morgan fingerprint density at radius 2 is 2.23 bits per heavy atom. The number of amides is 1. The van der Waals surface area contributed by atoms with E-state index < -0.39 is 0 Å². The maximum Gasteiger partial charge on any atom is 0.257 e. The summed E-state index contributed by atoms with van der Waals surface area (Å²) in [7, 11) is 0. The van der Waals surface area contributed by atoms with Crippen molar-refractivity contribution in [2.45, 2.75) is 32.4 Å². The number of aromatic nitrogens is 1. The Labute approximate surface area is 157 Å². The van der Waals surface area contributed by atoms with E-state index >= 15 is 0 Å². The molecule has 2 saturated heterocycles. The van der Waals surface area contributed by atoms with Crippen molar-refractivity contribution in [2.75, 3.05) is 32.8 Å². The van der Waals surface area contributed by atoms with Gasteiger partial charge in [-0.2, -0.15) is 0 Å². The molecule has 6 nitrogen and oxygen atoms in total. The molecule has 140 valence electrons. The summed E-state index contributed by atoms with van der Waals surface area (Å²) in [6.45, 7) is 8.89. The number of nitrogens with zero attached hydrogens (tertiary/aromatic N) is 3. The van der Waals surface area contributed by atoms with Crippen molar-refractivity contribution in [1.82, 2.24) is 14.8 Å². The lowest BCUT2D eigenvalue weighted by atomic mass is 10.1. The zero-order valence-corrected chi connectivity index (χ0v) is 16.1. The molecular formula is C19H25N3O3S. The van der Waals surface area contributed by atoms with Gasteiger partial charge < -0.3 is 14.1 Å². The molecule has 2 atom stereocenters. The number of carbonyl (C=O) groups is 1. The van der Waals surface area contributed by atoms with Gasteiger partial charge in [0.2, 0.25) is 0 Å². The van der Waals surface area contributed by atoms with E-state index in [1.165, 1.54) is 6.26 Å². The van der Waals surface area contributed by atoms with Gasteiger partial charge in [0.1, 0.15) is 11.3 Å². The average Bonchev–Trinajstić information content (AvgIpc) is 3.21. The molecule has 1 amide bonds. The normalized spacial score (nSPS) is 24.0. The van der Waals surface area contributed by atoms with Crippen molar-refractivity contribution in [3.63, 3.8) is 0 Å². The van der Waals surface area contributed by atoms with Crippen LogP contribution in [0.1, 0.15) is 40.8 Å². The smallest absolute Gasteiger partial charge is 0.257 e. The van der Waals surface area contributed by atoms with Crippen LogP contribution in [0.2, 0.25) is 0 Å². The van der Waals surface area contributed by atoms with Crippen LogP contribution in [0.4, 0.5) is 0 Å². The van der Waals surface area contributed by atoms with Gasteiger partial charge in [-0.3, -0.25) is 9.69 Å². The number of furan rings is 1. The molecule has 0 aromatic carbocycles. The summed E-state index contributed by atoms with van der Waals surface area (Å²) in [4.78, 5) is 22.0. The quantitative estimate of drug-likeness (QED) is 0.822. The molecule has 0 saturated carbocycles. The molecule has 0 spiro atoms. The summed E-state index contributed by atoms with van der Waals surface area (Å²) in [5.74, 6) is 0.825. The SMILES string of the molecule is CC(C)c1csc(CN2C[C@H]3COC[C@@H]2CN(C(=O)c2ccoc2)C3)n1. The van der Waals surface area contributed by atoms with E-state index in [9.17, 15) is 4.79 Å². The van der Waals surface area contributed by atoms with Gasteiger partial charge in [-0.1, -0.05) is 13.8 Å². The molecule has 0 unspecified atom stereocenters. The van der Waals surface area contributed by atoms with E-state index in [-0.39, 0.29) is 11.9 Å². The van der Waals surface area contributed by atoms with E-state index in [0.717, 1.165) is 30.3 Å². The first-order valence-electron chi connectivity index (χ1n) is 9.17. The minimum atomic E-state index is 0.0499. The third kappa shape index (κ3) is 3.70. The second-order valence-electron chi connectivity index (χ2n) is 7.53. The summed E-state index contributed by atoms with van der Waals surface area (Å²) < 4.78 is 11.0. The molecule has 0 radical (unpaired) electrons. The van der Waals surface area contributed by atoms with Crippen molar-refractivity contribution < 1.29 is 13.9 Å². The largest absolute Gasteiger partial charge is 0.472 e. The van der Waals surface area contributed by atoms with Crippen molar-refractivity contribution >= 4 is 17.2 Å². The van der Waals surface area contributed by atoms with Gasteiger partial charge in [0.25, 0.3) is 5.91 Å². The van der Waals surface area contributed by atoms with Gasteiger partial charge in [0.05, 0.1) is 43.3 Å². The van der Waals surface area contributed by atoms with E-state index in [4.69, 9.17) is 14.1 Å². The van der Waals surface area contributed by atoms with Crippen LogP contribution in [0.3, 0.4) is 0 Å². The Morgan fingerprint density at radius 3 is 2.96 bits per heavy atom. The Bertz CT molecular complexity index is 743. The van der Waals surface area contributed by atoms with Gasteiger partial charge in [-0.25, -0.2) is 4.98 Å². The van der Waals surface area contributed by atoms with E-state index in [2.05, 4.69) is 24.1 Å². The molecule has 4 heterocycles. The van der Waals surface area contributed by atoms with E-state index in [1.54, 1.807) is 23.7 Å². The maximum atomic E-state index is 12.8. The van der Waals surface area contributed by atoms with Gasteiger partial charge in [0.15, 0.2) is 0 Å². The monoisotopic (exact) mass is 375 g/mol. The first-order chi connectivity index (χ1) is 12.6. The molecule has 2 aliphatic rings. The fraction of sp³-hybridized carbons (Fsp3) is 0.579. The van der Waals surface area contributed by atoms with Gasteiger partial charge in [0, 0.05) is 30.9 Å². The van der Waals surface area contributed by atoms with Crippen molar-refractivity contribution in [1.29, 1.82) is 0 Å². The molecule has 7 heteroatoms. The van der Waals surface area contributed by atoms with Gasteiger partial charge in [-0.05, 0) is 12.0 Å². The Kier molecular flexibility index (Phi) is 5.11. The number of fused-ring (bicyclic) bond motifs is 3. The highest BCUT2D eigenvalue weighted by atomic mass is 32.1. The van der Waals surface area contributed by atoms with Crippen LogP contribution in [0, 0.1) is 5.92 Å². The Morgan fingerprint density at radius 1 is 1.35 bits per heavy atom. The Balaban J connectivity index is 1.50. The number of hydrogen-bond donors (Lipinski definition) is 0. The van der Waals surface area contributed by atoms with E-state index in [1.807, 2.05) is 4.90 Å². The molecule has 0 aliphatic carbocycles. The third-order valence-electron chi connectivity index (χ3n) is 5.14. The fourth-order valence-electron chi connectivity index (χ4n) is 3.69. The van der Waals surface area contributed by atoms with Crippen LogP contribution in [-0.4, -0.2) is 59.6 Å².